The third-order valence-electron chi connectivity index (χ3n) is 3.40. The second kappa shape index (κ2) is 8.57. The number of benzene rings is 1. The summed E-state index contributed by atoms with van der Waals surface area (Å²) in [5.41, 5.74) is 0.436. The number of esters is 1. The number of nitrogens with zero attached hydrogens (tertiary/aromatic N) is 1. The van der Waals surface area contributed by atoms with E-state index in [-0.39, 0.29) is 35.2 Å². The van der Waals surface area contributed by atoms with Gasteiger partial charge in [0.2, 0.25) is 5.91 Å². The summed E-state index contributed by atoms with van der Waals surface area (Å²) in [7, 11) is 1.44. The van der Waals surface area contributed by atoms with Crippen molar-refractivity contribution in [3.8, 4) is 11.5 Å². The molecule has 1 aromatic carbocycles. The van der Waals surface area contributed by atoms with Crippen molar-refractivity contribution in [1.82, 2.24) is 0 Å². The molecule has 0 aliphatic carbocycles. The van der Waals surface area contributed by atoms with Crippen LogP contribution < -0.4 is 4.74 Å². The van der Waals surface area contributed by atoms with Gasteiger partial charge in [0.1, 0.15) is 16.4 Å². The molecule has 138 valence electrons. The molecule has 1 aromatic rings. The van der Waals surface area contributed by atoms with E-state index >= 15 is 0 Å². The number of carbonyl (C=O) groups is 2. The number of aliphatic hydroxyl groups excluding tert-OH is 1. The van der Waals surface area contributed by atoms with Crippen LogP contribution in [0.1, 0.15) is 25.8 Å². The van der Waals surface area contributed by atoms with Crippen molar-refractivity contribution in [2.75, 3.05) is 13.7 Å². The number of hydrogen-bond donors (Lipinski definition) is 2. The summed E-state index contributed by atoms with van der Waals surface area (Å²) in [6.07, 6.45) is 1.74. The van der Waals surface area contributed by atoms with Crippen LogP contribution in [0.4, 0.5) is 0 Å². The number of aromatic hydroxyl groups is 1. The van der Waals surface area contributed by atoms with Gasteiger partial charge in [-0.1, -0.05) is 24.8 Å². The van der Waals surface area contributed by atoms with Crippen molar-refractivity contribution in [3.05, 3.63) is 40.0 Å². The molecule has 0 unspecified atom stereocenters. The molecule has 0 saturated carbocycles. The number of phenols is 1. The maximum atomic E-state index is 12.1. The Hall–Kier alpha value is -2.74. The molecule has 0 spiro atoms. The minimum atomic E-state index is -0.749. The van der Waals surface area contributed by atoms with E-state index in [9.17, 15) is 19.8 Å². The minimum Gasteiger partial charge on any atom is -0.506 e. The number of hydrogen-bond acceptors (Lipinski definition) is 7. The lowest BCUT2D eigenvalue weighted by Gasteiger charge is -2.04. The van der Waals surface area contributed by atoms with E-state index in [1.807, 2.05) is 0 Å². The number of aliphatic imine (C=N–C) groups is 1. The summed E-state index contributed by atoms with van der Waals surface area (Å²) in [4.78, 5) is 28.0. The molecule has 1 aliphatic rings. The molecular weight excluding hydrogens is 358 g/mol. The Labute approximate surface area is 155 Å². The number of amides is 1. The van der Waals surface area contributed by atoms with Crippen LogP contribution >= 0.6 is 11.8 Å². The zero-order chi connectivity index (χ0) is 19.3. The van der Waals surface area contributed by atoms with E-state index in [0.29, 0.717) is 16.2 Å². The van der Waals surface area contributed by atoms with Crippen LogP contribution in [0.25, 0.3) is 6.08 Å². The van der Waals surface area contributed by atoms with E-state index in [0.717, 1.165) is 11.8 Å². The van der Waals surface area contributed by atoms with Gasteiger partial charge in [0.15, 0.2) is 11.5 Å². The van der Waals surface area contributed by atoms with Crippen molar-refractivity contribution in [2.24, 2.45) is 4.99 Å². The molecule has 1 amide bonds. The highest BCUT2D eigenvalue weighted by molar-refractivity contribution is 8.18. The topological polar surface area (TPSA) is 105 Å². The Morgan fingerprint density at radius 1 is 1.27 bits per heavy atom. The SMILES string of the molecule is CCOC(=O)C1=C(O)/C(=C/c2ccc(OC)c(O)c2)SC1=NC(=O)CC. The number of carbonyl (C=O) groups excluding carboxylic acids is 2. The van der Waals surface area contributed by atoms with E-state index in [2.05, 4.69) is 4.99 Å². The molecule has 0 atom stereocenters. The molecule has 0 saturated heterocycles. The molecule has 2 rings (SSSR count). The molecule has 0 aromatic heterocycles. The summed E-state index contributed by atoms with van der Waals surface area (Å²) in [6, 6.07) is 4.70. The average molecular weight is 377 g/mol. The van der Waals surface area contributed by atoms with Crippen LogP contribution in [0.2, 0.25) is 0 Å². The Kier molecular flexibility index (Phi) is 6.46. The predicted molar refractivity (Wildman–Crippen MR) is 99.2 cm³/mol. The van der Waals surface area contributed by atoms with Gasteiger partial charge in [-0.25, -0.2) is 9.79 Å². The van der Waals surface area contributed by atoms with Crippen LogP contribution in [-0.2, 0) is 14.3 Å². The second-order valence-corrected chi connectivity index (χ2v) is 6.18. The largest absolute Gasteiger partial charge is 0.506 e. The summed E-state index contributed by atoms with van der Waals surface area (Å²) in [5, 5.41) is 20.4. The summed E-state index contributed by atoms with van der Waals surface area (Å²) in [5.74, 6) is -1.22. The number of rotatable bonds is 5. The molecule has 1 aliphatic heterocycles. The first kappa shape index (κ1) is 19.6. The van der Waals surface area contributed by atoms with Crippen molar-refractivity contribution >= 4 is 34.8 Å². The molecule has 8 heteroatoms. The van der Waals surface area contributed by atoms with Crippen LogP contribution in [-0.4, -0.2) is 40.8 Å². The fraction of sp³-hybridized carbons (Fsp3) is 0.278. The van der Waals surface area contributed by atoms with Gasteiger partial charge in [-0.3, -0.25) is 4.79 Å². The van der Waals surface area contributed by atoms with E-state index in [1.54, 1.807) is 32.1 Å². The molecule has 26 heavy (non-hydrogen) atoms. The smallest absolute Gasteiger partial charge is 0.344 e. The van der Waals surface area contributed by atoms with Gasteiger partial charge in [0, 0.05) is 6.42 Å². The van der Waals surface area contributed by atoms with Gasteiger partial charge in [-0.15, -0.1) is 0 Å². The lowest BCUT2D eigenvalue weighted by molar-refractivity contribution is -0.138. The fourth-order valence-electron chi connectivity index (χ4n) is 2.13. The third-order valence-corrected chi connectivity index (χ3v) is 4.42. The second-order valence-electron chi connectivity index (χ2n) is 5.15. The predicted octanol–water partition coefficient (Wildman–Crippen LogP) is 3.20. The van der Waals surface area contributed by atoms with Gasteiger partial charge in [0.05, 0.1) is 18.6 Å². The Morgan fingerprint density at radius 2 is 2.00 bits per heavy atom. The average Bonchev–Trinajstić information content (AvgIpc) is 2.90. The maximum absolute atomic E-state index is 12.1. The molecule has 0 fully saturated rings. The van der Waals surface area contributed by atoms with Gasteiger partial charge in [-0.05, 0) is 30.7 Å². The van der Waals surface area contributed by atoms with Crippen molar-refractivity contribution in [1.29, 1.82) is 0 Å². The number of aliphatic hydroxyl groups is 1. The number of thioether (sulfide) groups is 1. The lowest BCUT2D eigenvalue weighted by Crippen LogP contribution is -2.14. The highest BCUT2D eigenvalue weighted by Gasteiger charge is 2.33. The number of methoxy groups -OCH3 is 1. The molecule has 1 heterocycles. The van der Waals surface area contributed by atoms with Crippen LogP contribution in [0.3, 0.4) is 0 Å². The first-order valence-corrected chi connectivity index (χ1v) is 8.72. The molecular formula is C18H19NO6S. The summed E-state index contributed by atoms with van der Waals surface area (Å²) >= 11 is 0.988. The summed E-state index contributed by atoms with van der Waals surface area (Å²) < 4.78 is 9.93. The van der Waals surface area contributed by atoms with Crippen molar-refractivity contribution < 1.29 is 29.3 Å². The van der Waals surface area contributed by atoms with Gasteiger partial charge in [-0.2, -0.15) is 0 Å². The Balaban J connectivity index is 2.46. The first-order chi connectivity index (χ1) is 12.4. The summed E-state index contributed by atoms with van der Waals surface area (Å²) in [6.45, 7) is 3.42. The fourth-order valence-corrected chi connectivity index (χ4v) is 3.16. The van der Waals surface area contributed by atoms with E-state index < -0.39 is 11.9 Å². The Bertz CT molecular complexity index is 825. The number of phenolic OH excluding ortho intramolecular Hbond substituents is 1. The molecule has 0 bridgehead atoms. The highest BCUT2D eigenvalue weighted by atomic mass is 32.2. The van der Waals surface area contributed by atoms with Gasteiger partial charge >= 0.3 is 5.97 Å². The zero-order valence-corrected chi connectivity index (χ0v) is 15.4. The number of ether oxygens (including phenoxy) is 2. The first-order valence-electron chi connectivity index (χ1n) is 7.90. The molecule has 7 nitrogen and oxygen atoms in total. The van der Waals surface area contributed by atoms with E-state index in [1.165, 1.54) is 13.2 Å². The maximum Gasteiger partial charge on any atom is 0.344 e. The van der Waals surface area contributed by atoms with Gasteiger partial charge < -0.3 is 19.7 Å². The lowest BCUT2D eigenvalue weighted by atomic mass is 10.1. The normalized spacial score (nSPS) is 17.0. The minimum absolute atomic E-state index is 0.0611. The molecule has 0 radical (unpaired) electrons. The van der Waals surface area contributed by atoms with Crippen molar-refractivity contribution in [2.45, 2.75) is 20.3 Å². The van der Waals surface area contributed by atoms with Crippen LogP contribution in [0, 0.1) is 0 Å². The standard InChI is InChI=1S/C18H19NO6S/c1-4-14(21)19-17-15(18(23)25-5-2)16(22)13(26-17)9-10-6-7-12(24-3)11(20)8-10/h6-9,20,22H,4-5H2,1-3H3/b13-9-,19-17?. The highest BCUT2D eigenvalue weighted by Crippen LogP contribution is 2.39. The van der Waals surface area contributed by atoms with Crippen molar-refractivity contribution in [3.63, 3.8) is 0 Å². The monoisotopic (exact) mass is 377 g/mol. The van der Waals surface area contributed by atoms with E-state index in [4.69, 9.17) is 9.47 Å². The molecule has 2 N–H and O–H groups in total. The zero-order valence-electron chi connectivity index (χ0n) is 14.6. The van der Waals surface area contributed by atoms with Crippen LogP contribution in [0.15, 0.2) is 39.4 Å². The quantitative estimate of drug-likeness (QED) is 0.759. The van der Waals surface area contributed by atoms with Crippen LogP contribution in [0.5, 0.6) is 11.5 Å². The van der Waals surface area contributed by atoms with Gasteiger partial charge in [0.25, 0.3) is 0 Å². The Morgan fingerprint density at radius 3 is 2.58 bits per heavy atom. The third kappa shape index (κ3) is 4.26.